The van der Waals surface area contributed by atoms with Crippen LogP contribution in [0.2, 0.25) is 0 Å². The van der Waals surface area contributed by atoms with Crippen LogP contribution in [0.4, 0.5) is 13.2 Å². The monoisotopic (exact) mass is 444 g/mol. The smallest absolute Gasteiger partial charge is 0.379 e. The quantitative estimate of drug-likeness (QED) is 0.278. The van der Waals surface area contributed by atoms with Crippen molar-refractivity contribution in [2.75, 3.05) is 46.0 Å². The predicted octanol–water partition coefficient (Wildman–Crippen LogP) is 2.58. The van der Waals surface area contributed by atoms with E-state index in [1.165, 1.54) is 0 Å². The van der Waals surface area contributed by atoms with Gasteiger partial charge in [-0.25, -0.2) is 0 Å². The molecule has 1 aliphatic rings. The van der Waals surface area contributed by atoms with Crippen LogP contribution in [0, 0.1) is 0 Å². The van der Waals surface area contributed by atoms with Crippen LogP contribution in [-0.2, 0) is 15.7 Å². The van der Waals surface area contributed by atoms with Crippen molar-refractivity contribution in [3.63, 3.8) is 0 Å². The van der Waals surface area contributed by atoms with Crippen molar-refractivity contribution in [3.05, 3.63) is 35.4 Å². The maximum atomic E-state index is 12.6. The second kappa shape index (κ2) is 13.2. The number of alkyl halides is 3. The topological polar surface area (TPSA) is 84.0 Å². The summed E-state index contributed by atoms with van der Waals surface area (Å²) in [7, 11) is 0. The van der Waals surface area contributed by atoms with E-state index in [1.54, 1.807) is 0 Å². The molecule has 0 bridgehead atoms. The summed E-state index contributed by atoms with van der Waals surface area (Å²) in [5, 5.41) is 8.89. The second-order valence-corrected chi connectivity index (χ2v) is 7.08. The molecule has 1 aromatic rings. The number of nitrogens with one attached hydrogen (secondary N) is 3. The van der Waals surface area contributed by atoms with E-state index in [0.29, 0.717) is 45.4 Å². The van der Waals surface area contributed by atoms with Crippen LogP contribution >= 0.6 is 0 Å². The molecule has 0 radical (unpaired) electrons. The molecule has 3 N–H and O–H groups in total. The van der Waals surface area contributed by atoms with Crippen LogP contribution in [0.5, 0.6) is 0 Å². The molecule has 1 heterocycles. The number of carbonyl (C=O) groups is 1. The Morgan fingerprint density at radius 3 is 2.58 bits per heavy atom. The summed E-state index contributed by atoms with van der Waals surface area (Å²) in [6.07, 6.45) is -1.26. The van der Waals surface area contributed by atoms with Gasteiger partial charge in [-0.15, -0.1) is 0 Å². The number of guanidine groups is 1. The van der Waals surface area contributed by atoms with Crippen molar-refractivity contribution in [2.24, 2.45) is 4.99 Å². The lowest BCUT2D eigenvalue weighted by molar-refractivity contribution is -0.137. The molecule has 1 fully saturated rings. The van der Waals surface area contributed by atoms with E-state index in [0.717, 1.165) is 50.1 Å². The Balaban J connectivity index is 1.63. The minimum atomic E-state index is -4.42. The zero-order valence-corrected chi connectivity index (χ0v) is 17.8. The molecule has 1 atom stereocenters. The number of rotatable bonds is 11. The van der Waals surface area contributed by atoms with Crippen LogP contribution < -0.4 is 16.0 Å². The van der Waals surface area contributed by atoms with Gasteiger partial charge in [0.1, 0.15) is 0 Å². The fourth-order valence-electron chi connectivity index (χ4n) is 2.96. The number of aliphatic imine (C=N–C) groups is 1. The SMILES string of the molecule is CCNC(=NCCCOCC1CCCO1)NCCNC(=O)c1ccc(C(F)(F)F)cc1. The zero-order valence-electron chi connectivity index (χ0n) is 17.8. The molecular formula is C21H31F3N4O3. The van der Waals surface area contributed by atoms with E-state index in [2.05, 4.69) is 20.9 Å². The van der Waals surface area contributed by atoms with Gasteiger partial charge in [-0.05, 0) is 50.5 Å². The first-order valence-corrected chi connectivity index (χ1v) is 10.6. The van der Waals surface area contributed by atoms with Crippen molar-refractivity contribution >= 4 is 11.9 Å². The molecular weight excluding hydrogens is 413 g/mol. The number of benzene rings is 1. The number of hydrogen-bond acceptors (Lipinski definition) is 4. The van der Waals surface area contributed by atoms with Gasteiger partial charge in [0.15, 0.2) is 5.96 Å². The first-order valence-electron chi connectivity index (χ1n) is 10.6. The van der Waals surface area contributed by atoms with Crippen molar-refractivity contribution in [2.45, 2.75) is 38.5 Å². The molecule has 1 unspecified atom stereocenters. The van der Waals surface area contributed by atoms with Crippen molar-refractivity contribution in [3.8, 4) is 0 Å². The Bertz CT molecular complexity index is 690. The molecule has 0 saturated carbocycles. The average molecular weight is 444 g/mol. The van der Waals surface area contributed by atoms with Gasteiger partial charge in [-0.1, -0.05) is 0 Å². The number of amides is 1. The number of hydrogen-bond donors (Lipinski definition) is 3. The lowest BCUT2D eigenvalue weighted by Crippen LogP contribution is -2.41. The van der Waals surface area contributed by atoms with E-state index in [9.17, 15) is 18.0 Å². The Morgan fingerprint density at radius 1 is 1.19 bits per heavy atom. The van der Waals surface area contributed by atoms with Gasteiger partial charge in [0.25, 0.3) is 5.91 Å². The molecule has 1 amide bonds. The van der Waals surface area contributed by atoms with Crippen molar-refractivity contribution in [1.29, 1.82) is 0 Å². The van der Waals surface area contributed by atoms with E-state index in [4.69, 9.17) is 9.47 Å². The van der Waals surface area contributed by atoms with Gasteiger partial charge < -0.3 is 25.4 Å². The van der Waals surface area contributed by atoms with Crippen molar-refractivity contribution < 1.29 is 27.4 Å². The zero-order chi connectivity index (χ0) is 22.5. The summed E-state index contributed by atoms with van der Waals surface area (Å²) in [5.41, 5.74) is -0.606. The molecule has 0 aliphatic carbocycles. The minimum Gasteiger partial charge on any atom is -0.379 e. The minimum absolute atomic E-state index is 0.177. The maximum absolute atomic E-state index is 12.6. The highest BCUT2D eigenvalue weighted by atomic mass is 19.4. The summed E-state index contributed by atoms with van der Waals surface area (Å²) >= 11 is 0. The molecule has 0 spiro atoms. The van der Waals surface area contributed by atoms with Crippen LogP contribution in [0.15, 0.2) is 29.3 Å². The van der Waals surface area contributed by atoms with Crippen LogP contribution in [0.3, 0.4) is 0 Å². The highest BCUT2D eigenvalue weighted by Gasteiger charge is 2.30. The first-order chi connectivity index (χ1) is 14.9. The largest absolute Gasteiger partial charge is 0.416 e. The third-order valence-corrected chi connectivity index (χ3v) is 4.57. The predicted molar refractivity (Wildman–Crippen MR) is 112 cm³/mol. The van der Waals surface area contributed by atoms with E-state index in [1.807, 2.05) is 6.92 Å². The summed E-state index contributed by atoms with van der Waals surface area (Å²) < 4.78 is 48.9. The van der Waals surface area contributed by atoms with Gasteiger partial charge in [0.05, 0.1) is 18.3 Å². The Kier molecular flexibility index (Phi) is 10.6. The van der Waals surface area contributed by atoms with Crippen LogP contribution in [0.25, 0.3) is 0 Å². The summed E-state index contributed by atoms with van der Waals surface area (Å²) in [6.45, 7) is 6.03. The molecule has 31 heavy (non-hydrogen) atoms. The third kappa shape index (κ3) is 9.56. The van der Waals surface area contributed by atoms with E-state index >= 15 is 0 Å². The lowest BCUT2D eigenvalue weighted by atomic mass is 10.1. The summed E-state index contributed by atoms with van der Waals surface area (Å²) in [6, 6.07) is 4.12. The Hall–Kier alpha value is -2.33. The molecule has 174 valence electrons. The second-order valence-electron chi connectivity index (χ2n) is 7.08. The number of ether oxygens (including phenoxy) is 2. The highest BCUT2D eigenvalue weighted by Crippen LogP contribution is 2.29. The Morgan fingerprint density at radius 2 is 1.94 bits per heavy atom. The molecule has 0 aromatic heterocycles. The molecule has 10 heteroatoms. The van der Waals surface area contributed by atoms with Gasteiger partial charge in [0, 0.05) is 45.0 Å². The summed E-state index contributed by atoms with van der Waals surface area (Å²) in [4.78, 5) is 16.5. The van der Waals surface area contributed by atoms with Crippen LogP contribution in [0.1, 0.15) is 42.1 Å². The molecule has 7 nitrogen and oxygen atoms in total. The van der Waals surface area contributed by atoms with Gasteiger partial charge in [-0.2, -0.15) is 13.2 Å². The number of carbonyl (C=O) groups excluding carboxylic acids is 1. The van der Waals surface area contributed by atoms with Gasteiger partial charge >= 0.3 is 6.18 Å². The number of halogens is 3. The standard InChI is InChI=1S/C21H31F3N4O3/c1-2-25-20(27-10-4-13-30-15-18-5-3-14-31-18)28-12-11-26-19(29)16-6-8-17(9-7-16)21(22,23)24/h6-9,18H,2-5,10-15H2,1H3,(H,26,29)(H2,25,27,28). The molecule has 1 saturated heterocycles. The average Bonchev–Trinajstić information content (AvgIpc) is 3.26. The highest BCUT2D eigenvalue weighted by molar-refractivity contribution is 5.94. The number of nitrogens with zero attached hydrogens (tertiary/aromatic N) is 1. The first kappa shape index (κ1) is 24.9. The van der Waals surface area contributed by atoms with Gasteiger partial charge in [-0.3, -0.25) is 9.79 Å². The van der Waals surface area contributed by atoms with Crippen molar-refractivity contribution in [1.82, 2.24) is 16.0 Å². The van der Waals surface area contributed by atoms with Gasteiger partial charge in [0.2, 0.25) is 0 Å². The maximum Gasteiger partial charge on any atom is 0.416 e. The fourth-order valence-corrected chi connectivity index (χ4v) is 2.96. The Labute approximate surface area is 180 Å². The third-order valence-electron chi connectivity index (χ3n) is 4.57. The fraction of sp³-hybridized carbons (Fsp3) is 0.619. The van der Waals surface area contributed by atoms with E-state index in [-0.39, 0.29) is 11.7 Å². The summed E-state index contributed by atoms with van der Waals surface area (Å²) in [5.74, 6) is 0.200. The molecule has 1 aliphatic heterocycles. The lowest BCUT2D eigenvalue weighted by Gasteiger charge is -2.12. The normalized spacial score (nSPS) is 16.9. The van der Waals surface area contributed by atoms with Crippen LogP contribution in [-0.4, -0.2) is 64.0 Å². The molecule has 2 rings (SSSR count). The molecule has 1 aromatic carbocycles. The van der Waals surface area contributed by atoms with E-state index < -0.39 is 17.6 Å².